The van der Waals surface area contributed by atoms with Gasteiger partial charge in [-0.2, -0.15) is 0 Å². The van der Waals surface area contributed by atoms with Crippen LogP contribution >= 0.6 is 0 Å². The first-order chi connectivity index (χ1) is 4.83. The average Bonchev–Trinajstić information content (AvgIpc) is 1.88. The van der Waals surface area contributed by atoms with Crippen molar-refractivity contribution < 1.29 is 0 Å². The second-order valence-corrected chi connectivity index (χ2v) is 4.83. The Morgan fingerprint density at radius 1 is 1.50 bits per heavy atom. The molecule has 0 aliphatic heterocycles. The van der Waals surface area contributed by atoms with Gasteiger partial charge in [0.1, 0.15) is 0 Å². The van der Waals surface area contributed by atoms with Gasteiger partial charge >= 0.3 is 77.8 Å². The predicted molar refractivity (Wildman–Crippen MR) is 45.7 cm³/mol. The Bertz CT molecular complexity index is 228. The summed E-state index contributed by atoms with van der Waals surface area (Å²) in [5, 5.41) is 0. The van der Waals surface area contributed by atoms with Crippen LogP contribution in [0.25, 0.3) is 0 Å². The van der Waals surface area contributed by atoms with Crippen LogP contribution in [0.4, 0.5) is 0 Å². The maximum atomic E-state index is 3.70. The van der Waals surface area contributed by atoms with Crippen LogP contribution in [0.15, 0.2) is 36.9 Å². The molecule has 0 heterocycles. The molecule has 0 fully saturated rings. The van der Waals surface area contributed by atoms with Gasteiger partial charge < -0.3 is 0 Å². The summed E-state index contributed by atoms with van der Waals surface area (Å²) in [5.74, 6) is 0. The van der Waals surface area contributed by atoms with Gasteiger partial charge in [-0.1, -0.05) is 0 Å². The SMILES string of the molecule is C=CCc1ccc[c]([Tl])c1. The van der Waals surface area contributed by atoms with Gasteiger partial charge in [0.05, 0.1) is 0 Å². The molecule has 0 aliphatic carbocycles. The molecule has 0 unspecified atom stereocenters. The normalized spacial score (nSPS) is 9.10. The van der Waals surface area contributed by atoms with E-state index in [1.165, 1.54) is 8.69 Å². The van der Waals surface area contributed by atoms with E-state index in [2.05, 4.69) is 30.8 Å². The van der Waals surface area contributed by atoms with E-state index in [0.717, 1.165) is 32.2 Å². The zero-order chi connectivity index (χ0) is 7.40. The number of rotatable bonds is 2. The number of hydrogen-bond donors (Lipinski definition) is 0. The van der Waals surface area contributed by atoms with Crippen LogP contribution in [0.2, 0.25) is 0 Å². The van der Waals surface area contributed by atoms with E-state index < -0.39 is 0 Å². The van der Waals surface area contributed by atoms with Crippen LogP contribution in [0.1, 0.15) is 5.56 Å². The molecule has 10 heavy (non-hydrogen) atoms. The molecule has 0 radical (unpaired) electrons. The minimum absolute atomic E-state index is 0.953. The Morgan fingerprint density at radius 2 is 2.30 bits per heavy atom. The molecule has 1 aromatic rings. The van der Waals surface area contributed by atoms with Crippen LogP contribution < -0.4 is 3.12 Å². The molecule has 0 N–H and O–H groups in total. The van der Waals surface area contributed by atoms with E-state index in [1.54, 1.807) is 0 Å². The van der Waals surface area contributed by atoms with Crippen molar-refractivity contribution in [3.63, 3.8) is 0 Å². The van der Waals surface area contributed by atoms with Gasteiger partial charge in [-0.25, -0.2) is 0 Å². The van der Waals surface area contributed by atoms with Crippen molar-refractivity contribution in [3.05, 3.63) is 42.5 Å². The summed E-state index contributed by atoms with van der Waals surface area (Å²) in [4.78, 5) is 0. The minimum atomic E-state index is 0.953. The number of allylic oxidation sites excluding steroid dienone is 1. The molecule has 0 bridgehead atoms. The van der Waals surface area contributed by atoms with Gasteiger partial charge in [-0.15, -0.1) is 0 Å². The molecule has 1 aromatic carbocycles. The van der Waals surface area contributed by atoms with E-state index in [1.807, 2.05) is 6.08 Å². The van der Waals surface area contributed by atoms with Crippen molar-refractivity contribution in [2.75, 3.05) is 0 Å². The molecule has 0 saturated heterocycles. The summed E-state index contributed by atoms with van der Waals surface area (Å²) in [6.07, 6.45) is 2.94. The fourth-order valence-electron chi connectivity index (χ4n) is 0.887. The number of benzene rings is 1. The molecule has 0 nitrogen and oxygen atoms in total. The second kappa shape index (κ2) is 3.91. The Balaban J connectivity index is 2.84. The average molecular weight is 322 g/mol. The van der Waals surface area contributed by atoms with Crippen molar-refractivity contribution in [2.45, 2.75) is 6.42 Å². The molecule has 0 aromatic heterocycles. The van der Waals surface area contributed by atoms with Crippen LogP contribution in [0.5, 0.6) is 0 Å². The van der Waals surface area contributed by atoms with Gasteiger partial charge in [0.2, 0.25) is 0 Å². The fraction of sp³-hybridized carbons (Fsp3) is 0.111. The van der Waals surface area contributed by atoms with E-state index in [-0.39, 0.29) is 0 Å². The van der Waals surface area contributed by atoms with Gasteiger partial charge in [0.15, 0.2) is 0 Å². The molecule has 0 aliphatic rings. The van der Waals surface area contributed by atoms with Crippen LogP contribution in [-0.2, 0) is 6.42 Å². The monoisotopic (exact) mass is 322 g/mol. The molecule has 1 heteroatoms. The van der Waals surface area contributed by atoms with Gasteiger partial charge in [0, 0.05) is 0 Å². The molecular formula is C9H9Tl. The third-order valence-electron chi connectivity index (χ3n) is 1.33. The van der Waals surface area contributed by atoms with Crippen LogP contribution in [0.3, 0.4) is 0 Å². The Morgan fingerprint density at radius 3 is 2.90 bits per heavy atom. The zero-order valence-corrected chi connectivity index (χ0v) is 10.4. The topological polar surface area (TPSA) is 0 Å². The summed E-state index contributed by atoms with van der Waals surface area (Å²) < 4.78 is 1.49. The Labute approximate surface area is 77.6 Å². The van der Waals surface area contributed by atoms with E-state index in [0.29, 0.717) is 0 Å². The molecular weight excluding hydrogens is 312 g/mol. The third kappa shape index (κ3) is 2.25. The van der Waals surface area contributed by atoms with Crippen molar-refractivity contribution in [1.82, 2.24) is 0 Å². The van der Waals surface area contributed by atoms with Gasteiger partial charge in [0.25, 0.3) is 0 Å². The maximum absolute atomic E-state index is 3.70. The Kier molecular flexibility index (Phi) is 3.12. The molecule has 0 saturated carbocycles. The first-order valence-corrected chi connectivity index (χ1v) is 5.52. The van der Waals surface area contributed by atoms with Crippen LogP contribution in [-0.4, -0.2) is 25.8 Å². The summed E-state index contributed by atoms with van der Waals surface area (Å²) >= 11 is 0.953. The van der Waals surface area contributed by atoms with E-state index >= 15 is 0 Å². The fourth-order valence-corrected chi connectivity index (χ4v) is 2.15. The summed E-state index contributed by atoms with van der Waals surface area (Å²) in [7, 11) is 0. The molecule has 0 amide bonds. The first kappa shape index (κ1) is 7.98. The van der Waals surface area contributed by atoms with Crippen molar-refractivity contribution in [3.8, 4) is 0 Å². The summed E-state index contributed by atoms with van der Waals surface area (Å²) in [6.45, 7) is 3.70. The van der Waals surface area contributed by atoms with E-state index in [4.69, 9.17) is 0 Å². The zero-order valence-electron chi connectivity index (χ0n) is 5.88. The van der Waals surface area contributed by atoms with Gasteiger partial charge in [-0.3, -0.25) is 0 Å². The summed E-state index contributed by atoms with van der Waals surface area (Å²) in [6, 6.07) is 8.70. The van der Waals surface area contributed by atoms with Crippen LogP contribution in [0, 0.1) is 0 Å². The molecule has 48 valence electrons. The predicted octanol–water partition coefficient (Wildman–Crippen LogP) is 1.21. The molecule has 0 spiro atoms. The van der Waals surface area contributed by atoms with Crippen molar-refractivity contribution in [2.24, 2.45) is 0 Å². The second-order valence-electron chi connectivity index (χ2n) is 2.24. The van der Waals surface area contributed by atoms with Crippen molar-refractivity contribution in [1.29, 1.82) is 0 Å². The third-order valence-corrected chi connectivity index (χ3v) is 2.73. The van der Waals surface area contributed by atoms with Gasteiger partial charge in [-0.05, 0) is 0 Å². The van der Waals surface area contributed by atoms with Crippen molar-refractivity contribution >= 4 is 28.9 Å². The molecule has 1 rings (SSSR count). The number of hydrogen-bond acceptors (Lipinski definition) is 0. The summed E-state index contributed by atoms with van der Waals surface area (Å²) in [5.41, 5.74) is 1.38. The molecule has 0 atom stereocenters. The quantitative estimate of drug-likeness (QED) is 0.567. The standard InChI is InChI=1S/C9H9.Tl/c1-2-6-9-7-4-3-5-8-9;/h2-4,7-8H,1,6H2;. The van der Waals surface area contributed by atoms with E-state index in [9.17, 15) is 0 Å². The Hall–Kier alpha value is -0.118. The first-order valence-electron chi connectivity index (χ1n) is 3.28.